The Labute approximate surface area is 176 Å². The molecule has 1 unspecified atom stereocenters. The van der Waals surface area contributed by atoms with Gasteiger partial charge in [0.25, 0.3) is 0 Å². The summed E-state index contributed by atoms with van der Waals surface area (Å²) >= 11 is 1.62. The van der Waals surface area contributed by atoms with Crippen LogP contribution in [0, 0.1) is 6.92 Å². The van der Waals surface area contributed by atoms with E-state index in [0.717, 1.165) is 31.7 Å². The Kier molecular flexibility index (Phi) is 7.07. The molecule has 1 amide bonds. The molecule has 1 aromatic heterocycles. The summed E-state index contributed by atoms with van der Waals surface area (Å²) in [5.74, 6) is -0.191. The fourth-order valence-electron chi connectivity index (χ4n) is 3.55. The average molecular weight is 437 g/mol. The van der Waals surface area contributed by atoms with Gasteiger partial charge in [-0.2, -0.15) is 11.3 Å². The lowest BCUT2D eigenvalue weighted by Gasteiger charge is -2.38. The molecule has 2 aromatic rings. The zero-order chi connectivity index (χ0) is 21.0. The van der Waals surface area contributed by atoms with Crippen LogP contribution in [-0.2, 0) is 14.8 Å². The molecule has 1 atom stereocenters. The summed E-state index contributed by atoms with van der Waals surface area (Å²) in [5.41, 5.74) is 2.32. The van der Waals surface area contributed by atoms with E-state index in [-0.39, 0.29) is 16.8 Å². The van der Waals surface area contributed by atoms with Crippen LogP contribution in [0.2, 0.25) is 0 Å². The minimum Gasteiger partial charge on any atom is -0.326 e. The van der Waals surface area contributed by atoms with Crippen molar-refractivity contribution >= 4 is 33.0 Å². The van der Waals surface area contributed by atoms with Crippen LogP contribution in [0.3, 0.4) is 0 Å². The standard InChI is InChI=1S/C20H28N4O3S2/c1-15-12-18(22-16(2)25)4-5-20(15)29(26,27)21-13-19(17-6-11-28-14-17)24-9-7-23(3)8-10-24/h4-6,11-12,14,19,21H,7-10,13H2,1-3H3,(H,22,25). The summed E-state index contributed by atoms with van der Waals surface area (Å²) in [6.45, 7) is 7.22. The second-order valence-electron chi connectivity index (χ2n) is 7.43. The molecule has 2 heterocycles. The Balaban J connectivity index is 1.75. The summed E-state index contributed by atoms with van der Waals surface area (Å²) in [6.07, 6.45) is 0. The molecular formula is C20H28N4O3S2. The molecular weight excluding hydrogens is 408 g/mol. The van der Waals surface area contributed by atoms with Gasteiger partial charge in [0.05, 0.1) is 4.90 Å². The lowest BCUT2D eigenvalue weighted by Crippen LogP contribution is -2.48. The maximum atomic E-state index is 13.0. The third kappa shape index (κ3) is 5.64. The first kappa shape index (κ1) is 21.9. The van der Waals surface area contributed by atoms with Crippen molar-refractivity contribution in [3.63, 3.8) is 0 Å². The van der Waals surface area contributed by atoms with Gasteiger partial charge >= 0.3 is 0 Å². The van der Waals surface area contributed by atoms with Crippen LogP contribution in [0.25, 0.3) is 0 Å². The van der Waals surface area contributed by atoms with Gasteiger partial charge in [0, 0.05) is 51.4 Å². The van der Waals surface area contributed by atoms with Crippen LogP contribution in [0.1, 0.15) is 24.1 Å². The molecule has 29 heavy (non-hydrogen) atoms. The molecule has 0 aliphatic carbocycles. The first-order valence-corrected chi connectivity index (χ1v) is 12.0. The van der Waals surface area contributed by atoms with E-state index in [4.69, 9.17) is 0 Å². The smallest absolute Gasteiger partial charge is 0.240 e. The monoisotopic (exact) mass is 436 g/mol. The van der Waals surface area contributed by atoms with Crippen LogP contribution in [-0.4, -0.2) is 63.9 Å². The van der Waals surface area contributed by atoms with Crippen LogP contribution < -0.4 is 10.0 Å². The van der Waals surface area contributed by atoms with Crippen LogP contribution in [0.5, 0.6) is 0 Å². The Morgan fingerprint density at radius 2 is 1.93 bits per heavy atom. The minimum absolute atomic E-state index is 0.00341. The quantitative estimate of drug-likeness (QED) is 0.696. The van der Waals surface area contributed by atoms with Crippen molar-refractivity contribution in [3.05, 3.63) is 46.2 Å². The fraction of sp³-hybridized carbons (Fsp3) is 0.450. The molecule has 0 bridgehead atoms. The molecule has 0 spiro atoms. The predicted molar refractivity (Wildman–Crippen MR) is 117 cm³/mol. The number of benzene rings is 1. The number of piperazine rings is 1. The van der Waals surface area contributed by atoms with Gasteiger partial charge in [0.1, 0.15) is 0 Å². The number of likely N-dealkylation sites (N-methyl/N-ethyl adjacent to an activating group) is 1. The molecule has 0 saturated carbocycles. The molecule has 3 rings (SSSR count). The fourth-order valence-corrected chi connectivity index (χ4v) is 5.52. The first-order chi connectivity index (χ1) is 13.8. The second-order valence-corrected chi connectivity index (χ2v) is 9.94. The molecule has 1 aromatic carbocycles. The van der Waals surface area contributed by atoms with Crippen molar-refractivity contribution in [2.24, 2.45) is 0 Å². The lowest BCUT2D eigenvalue weighted by molar-refractivity contribution is -0.114. The van der Waals surface area contributed by atoms with Gasteiger partial charge in [-0.05, 0) is 60.1 Å². The Morgan fingerprint density at radius 1 is 1.21 bits per heavy atom. The number of anilines is 1. The van der Waals surface area contributed by atoms with E-state index in [0.29, 0.717) is 17.8 Å². The van der Waals surface area contributed by atoms with Crippen molar-refractivity contribution in [3.8, 4) is 0 Å². The maximum Gasteiger partial charge on any atom is 0.240 e. The topological polar surface area (TPSA) is 81.7 Å². The van der Waals surface area contributed by atoms with Gasteiger partial charge in [-0.3, -0.25) is 9.69 Å². The van der Waals surface area contributed by atoms with E-state index in [1.807, 2.05) is 5.38 Å². The van der Waals surface area contributed by atoms with Gasteiger partial charge < -0.3 is 10.2 Å². The van der Waals surface area contributed by atoms with E-state index < -0.39 is 10.0 Å². The average Bonchev–Trinajstić information content (AvgIpc) is 3.17. The molecule has 1 aliphatic heterocycles. The highest BCUT2D eigenvalue weighted by Crippen LogP contribution is 2.25. The van der Waals surface area contributed by atoms with E-state index >= 15 is 0 Å². The molecule has 1 saturated heterocycles. The van der Waals surface area contributed by atoms with Gasteiger partial charge in [-0.25, -0.2) is 13.1 Å². The third-order valence-corrected chi connectivity index (χ3v) is 7.44. The Morgan fingerprint density at radius 3 is 2.52 bits per heavy atom. The Bertz CT molecular complexity index is 937. The zero-order valence-corrected chi connectivity index (χ0v) is 18.6. The number of nitrogens with one attached hydrogen (secondary N) is 2. The lowest BCUT2D eigenvalue weighted by atomic mass is 10.1. The largest absolute Gasteiger partial charge is 0.326 e. The summed E-state index contributed by atoms with van der Waals surface area (Å²) in [4.78, 5) is 16.1. The van der Waals surface area contributed by atoms with Gasteiger partial charge in [-0.1, -0.05) is 0 Å². The molecule has 2 N–H and O–H groups in total. The number of sulfonamides is 1. The van der Waals surface area contributed by atoms with Crippen molar-refractivity contribution in [2.45, 2.75) is 24.8 Å². The van der Waals surface area contributed by atoms with E-state index in [1.165, 1.54) is 6.92 Å². The summed E-state index contributed by atoms with van der Waals surface area (Å²) in [5, 5.41) is 6.79. The number of nitrogens with zero attached hydrogens (tertiary/aromatic N) is 2. The van der Waals surface area contributed by atoms with Gasteiger partial charge in [0.2, 0.25) is 15.9 Å². The molecule has 1 fully saturated rings. The Hall–Kier alpha value is -1.78. The van der Waals surface area contributed by atoms with Crippen molar-refractivity contribution < 1.29 is 13.2 Å². The van der Waals surface area contributed by atoms with Gasteiger partial charge in [-0.15, -0.1) is 0 Å². The summed E-state index contributed by atoms with van der Waals surface area (Å²) in [6, 6.07) is 6.89. The molecule has 1 aliphatic rings. The van der Waals surface area contributed by atoms with Crippen molar-refractivity contribution in [2.75, 3.05) is 45.1 Å². The van der Waals surface area contributed by atoms with Crippen molar-refractivity contribution in [1.82, 2.24) is 14.5 Å². The highest BCUT2D eigenvalue weighted by molar-refractivity contribution is 7.89. The van der Waals surface area contributed by atoms with Crippen molar-refractivity contribution in [1.29, 1.82) is 0 Å². The number of amides is 1. The number of carbonyl (C=O) groups is 1. The summed E-state index contributed by atoms with van der Waals surface area (Å²) in [7, 11) is -1.56. The van der Waals surface area contributed by atoms with E-state index in [1.54, 1.807) is 36.5 Å². The van der Waals surface area contributed by atoms with Crippen LogP contribution >= 0.6 is 11.3 Å². The van der Waals surface area contributed by atoms with E-state index in [2.05, 4.69) is 38.3 Å². The number of aryl methyl sites for hydroxylation is 1. The van der Waals surface area contributed by atoms with Gasteiger partial charge in [0.15, 0.2) is 0 Å². The summed E-state index contributed by atoms with van der Waals surface area (Å²) < 4.78 is 28.8. The first-order valence-electron chi connectivity index (χ1n) is 9.59. The zero-order valence-electron chi connectivity index (χ0n) is 17.0. The number of hydrogen-bond acceptors (Lipinski definition) is 6. The van der Waals surface area contributed by atoms with Crippen LogP contribution in [0.15, 0.2) is 39.9 Å². The third-order valence-electron chi connectivity index (χ3n) is 5.16. The highest BCUT2D eigenvalue weighted by atomic mass is 32.2. The minimum atomic E-state index is -3.67. The van der Waals surface area contributed by atoms with Crippen LogP contribution in [0.4, 0.5) is 5.69 Å². The molecule has 0 radical (unpaired) electrons. The SMILES string of the molecule is CC(=O)Nc1ccc(S(=O)(=O)NCC(c2ccsc2)N2CCN(C)CC2)c(C)c1. The van der Waals surface area contributed by atoms with E-state index in [9.17, 15) is 13.2 Å². The highest BCUT2D eigenvalue weighted by Gasteiger charge is 2.26. The molecule has 158 valence electrons. The number of hydrogen-bond donors (Lipinski definition) is 2. The number of thiophene rings is 1. The maximum absolute atomic E-state index is 13.0. The predicted octanol–water partition coefficient (Wildman–Crippen LogP) is 2.28. The number of carbonyl (C=O) groups excluding carboxylic acids is 1. The second kappa shape index (κ2) is 9.36. The molecule has 7 nitrogen and oxygen atoms in total. The molecule has 9 heteroatoms. The number of rotatable bonds is 7. The normalized spacial score (nSPS) is 17.2.